The molecule has 3 rings (SSSR count). The first-order valence-corrected chi connectivity index (χ1v) is 10.5. The van der Waals surface area contributed by atoms with Crippen molar-refractivity contribution in [2.24, 2.45) is 0 Å². The molecule has 150 valence electrons. The fourth-order valence-corrected chi connectivity index (χ4v) is 4.38. The van der Waals surface area contributed by atoms with Gasteiger partial charge in [-0.3, -0.25) is 14.0 Å². The topological polar surface area (TPSA) is 75.2 Å². The van der Waals surface area contributed by atoms with Crippen LogP contribution >= 0.6 is 0 Å². The number of carbonyl (C=O) groups is 1. The van der Waals surface area contributed by atoms with E-state index in [2.05, 4.69) is 15.3 Å². The van der Waals surface area contributed by atoms with E-state index in [-0.39, 0.29) is 16.7 Å². The molecule has 1 atom stereocenters. The number of para-hydroxylation sites is 1. The van der Waals surface area contributed by atoms with Crippen LogP contribution in [0.2, 0.25) is 0 Å². The zero-order valence-electron chi connectivity index (χ0n) is 17.0. The van der Waals surface area contributed by atoms with Crippen LogP contribution in [0, 0.1) is 13.8 Å². The van der Waals surface area contributed by atoms with E-state index in [1.54, 1.807) is 30.5 Å². The molecule has 0 aliphatic rings. The zero-order valence-corrected chi connectivity index (χ0v) is 17.8. The van der Waals surface area contributed by atoms with E-state index in [9.17, 15) is 9.00 Å². The maximum atomic E-state index is 13.1. The second-order valence-electron chi connectivity index (χ2n) is 6.96. The third-order valence-electron chi connectivity index (χ3n) is 4.33. The second-order valence-corrected chi connectivity index (χ2v) is 8.33. The molecule has 1 aromatic carbocycles. The first kappa shape index (κ1) is 20.7. The monoisotopic (exact) mass is 408 g/mol. The lowest BCUT2D eigenvalue weighted by Crippen LogP contribution is -2.17. The summed E-state index contributed by atoms with van der Waals surface area (Å²) in [6.45, 7) is 3.74. The molecule has 1 unspecified atom stereocenters. The van der Waals surface area contributed by atoms with Gasteiger partial charge in [-0.05, 0) is 49.7 Å². The fraction of sp³-hybridized carbons (Fsp3) is 0.227. The van der Waals surface area contributed by atoms with Crippen LogP contribution in [0.3, 0.4) is 0 Å². The van der Waals surface area contributed by atoms with Crippen molar-refractivity contribution >= 4 is 28.1 Å². The fourth-order valence-electron chi connectivity index (χ4n) is 3.13. The third-order valence-corrected chi connectivity index (χ3v) is 5.66. The van der Waals surface area contributed by atoms with Gasteiger partial charge >= 0.3 is 0 Å². The minimum atomic E-state index is -1.47. The summed E-state index contributed by atoms with van der Waals surface area (Å²) in [4.78, 5) is 23.4. The van der Waals surface area contributed by atoms with Crippen LogP contribution in [0.5, 0.6) is 0 Å². The largest absolute Gasteiger partial charge is 0.377 e. The first-order valence-electron chi connectivity index (χ1n) is 9.20. The van der Waals surface area contributed by atoms with Gasteiger partial charge in [-0.1, -0.05) is 18.2 Å². The molecule has 2 aromatic heterocycles. The van der Waals surface area contributed by atoms with Crippen LogP contribution in [0.15, 0.2) is 59.8 Å². The van der Waals surface area contributed by atoms with Crippen LogP contribution in [0.1, 0.15) is 27.3 Å². The van der Waals surface area contributed by atoms with Gasteiger partial charge in [0.25, 0.3) is 5.91 Å². The van der Waals surface area contributed by atoms with Gasteiger partial charge in [0.05, 0.1) is 22.1 Å². The smallest absolute Gasteiger partial charge is 0.258 e. The number of hydrogen-bond donors (Lipinski definition) is 1. The number of nitrogens with zero attached hydrogens (tertiary/aromatic N) is 3. The number of rotatable bonds is 6. The van der Waals surface area contributed by atoms with E-state index in [4.69, 9.17) is 0 Å². The Balaban J connectivity index is 1.87. The summed E-state index contributed by atoms with van der Waals surface area (Å²) in [5, 5.41) is 3.15. The van der Waals surface area contributed by atoms with Crippen molar-refractivity contribution in [3.63, 3.8) is 0 Å². The Labute approximate surface area is 173 Å². The highest BCUT2D eigenvalue weighted by Gasteiger charge is 2.19. The van der Waals surface area contributed by atoms with Gasteiger partial charge in [-0.15, -0.1) is 0 Å². The lowest BCUT2D eigenvalue weighted by Gasteiger charge is -2.17. The second kappa shape index (κ2) is 8.96. The van der Waals surface area contributed by atoms with Crippen molar-refractivity contribution < 1.29 is 9.00 Å². The van der Waals surface area contributed by atoms with Gasteiger partial charge in [0.2, 0.25) is 0 Å². The Bertz CT molecular complexity index is 1050. The van der Waals surface area contributed by atoms with Gasteiger partial charge < -0.3 is 10.2 Å². The molecule has 0 radical (unpaired) electrons. The zero-order chi connectivity index (χ0) is 21.0. The molecular formula is C22H24N4O2S. The minimum absolute atomic E-state index is 0.277. The molecule has 0 bridgehead atoms. The summed E-state index contributed by atoms with van der Waals surface area (Å²) < 4.78 is 13.1. The van der Waals surface area contributed by atoms with Gasteiger partial charge in [-0.2, -0.15) is 0 Å². The van der Waals surface area contributed by atoms with E-state index < -0.39 is 10.8 Å². The van der Waals surface area contributed by atoms with Crippen molar-refractivity contribution in [1.29, 1.82) is 0 Å². The number of benzene rings is 1. The van der Waals surface area contributed by atoms with E-state index in [0.717, 1.165) is 22.6 Å². The Morgan fingerprint density at radius 2 is 1.76 bits per heavy atom. The first-order chi connectivity index (χ1) is 13.8. The Kier molecular flexibility index (Phi) is 6.39. The van der Waals surface area contributed by atoms with Crippen molar-refractivity contribution in [2.75, 3.05) is 24.3 Å². The molecule has 7 heteroatoms. The summed E-state index contributed by atoms with van der Waals surface area (Å²) in [6, 6.07) is 14.7. The SMILES string of the molecule is Cc1cc(NC(=O)c2cccnc2S(=O)Cc2ccccc2N(C)C)cc(C)n1. The molecular weight excluding hydrogens is 384 g/mol. The molecule has 0 saturated carbocycles. The summed E-state index contributed by atoms with van der Waals surface area (Å²) >= 11 is 0. The van der Waals surface area contributed by atoms with Crippen LogP contribution in [0.25, 0.3) is 0 Å². The lowest BCUT2D eigenvalue weighted by atomic mass is 10.2. The summed E-state index contributed by atoms with van der Waals surface area (Å²) in [5.74, 6) is -0.0635. The highest BCUT2D eigenvalue weighted by molar-refractivity contribution is 7.84. The van der Waals surface area contributed by atoms with Crippen molar-refractivity contribution in [2.45, 2.75) is 24.6 Å². The molecule has 0 aliphatic heterocycles. The quantitative estimate of drug-likeness (QED) is 0.673. The normalized spacial score (nSPS) is 11.7. The van der Waals surface area contributed by atoms with Gasteiger partial charge in [-0.25, -0.2) is 4.98 Å². The Morgan fingerprint density at radius 3 is 2.45 bits per heavy atom. The van der Waals surface area contributed by atoms with E-state index >= 15 is 0 Å². The summed E-state index contributed by atoms with van der Waals surface area (Å²) in [6.07, 6.45) is 1.56. The molecule has 0 spiro atoms. The number of pyridine rings is 2. The predicted molar refractivity (Wildman–Crippen MR) is 117 cm³/mol. The molecule has 29 heavy (non-hydrogen) atoms. The molecule has 6 nitrogen and oxygen atoms in total. The van der Waals surface area contributed by atoms with E-state index in [1.165, 1.54) is 0 Å². The highest BCUT2D eigenvalue weighted by Crippen LogP contribution is 2.23. The molecule has 0 fully saturated rings. The molecule has 3 aromatic rings. The molecule has 0 saturated heterocycles. The third kappa shape index (κ3) is 5.06. The number of nitrogens with one attached hydrogen (secondary N) is 1. The number of aryl methyl sites for hydroxylation is 2. The Morgan fingerprint density at radius 1 is 1.07 bits per heavy atom. The van der Waals surface area contributed by atoms with Crippen molar-refractivity contribution in [3.05, 3.63) is 77.2 Å². The van der Waals surface area contributed by atoms with Gasteiger partial charge in [0.15, 0.2) is 0 Å². The van der Waals surface area contributed by atoms with Crippen LogP contribution in [-0.2, 0) is 16.6 Å². The maximum Gasteiger partial charge on any atom is 0.258 e. The number of hydrogen-bond acceptors (Lipinski definition) is 5. The molecule has 1 N–H and O–H groups in total. The number of amides is 1. The van der Waals surface area contributed by atoms with Crippen LogP contribution < -0.4 is 10.2 Å². The van der Waals surface area contributed by atoms with E-state index in [1.807, 2.05) is 57.1 Å². The number of anilines is 2. The van der Waals surface area contributed by atoms with Crippen LogP contribution in [0.4, 0.5) is 11.4 Å². The average Bonchev–Trinajstić information content (AvgIpc) is 2.67. The minimum Gasteiger partial charge on any atom is -0.377 e. The number of aromatic nitrogens is 2. The summed E-state index contributed by atoms with van der Waals surface area (Å²) in [5.41, 5.74) is 4.52. The van der Waals surface area contributed by atoms with Gasteiger partial charge in [0.1, 0.15) is 5.03 Å². The maximum absolute atomic E-state index is 13.1. The predicted octanol–water partition coefficient (Wildman–Crippen LogP) is 3.72. The lowest BCUT2D eigenvalue weighted by molar-refractivity contribution is 0.102. The number of carbonyl (C=O) groups excluding carboxylic acids is 1. The van der Waals surface area contributed by atoms with Crippen molar-refractivity contribution in [1.82, 2.24) is 9.97 Å². The van der Waals surface area contributed by atoms with Crippen LogP contribution in [-0.4, -0.2) is 34.2 Å². The molecule has 0 aliphatic carbocycles. The highest BCUT2D eigenvalue weighted by atomic mass is 32.2. The molecule has 2 heterocycles. The van der Waals surface area contributed by atoms with Crippen molar-refractivity contribution in [3.8, 4) is 0 Å². The Hall–Kier alpha value is -3.06. The van der Waals surface area contributed by atoms with Gasteiger partial charge in [0, 0.05) is 43.1 Å². The van der Waals surface area contributed by atoms with E-state index in [0.29, 0.717) is 11.3 Å². The average molecular weight is 409 g/mol. The standard InChI is InChI=1S/C22H24N4O2S/c1-15-12-18(13-16(2)24-15)25-21(27)19-9-7-11-23-22(19)29(28)14-17-8-5-6-10-20(17)26(3)4/h5-13H,14H2,1-4H3,(H,24,25,27). The molecule has 1 amide bonds. The summed E-state index contributed by atoms with van der Waals surface area (Å²) in [7, 11) is 2.42.